The van der Waals surface area contributed by atoms with Gasteiger partial charge in [-0.2, -0.15) is 0 Å². The first-order valence-electron chi connectivity index (χ1n) is 6.14. The molecule has 2 nitrogen and oxygen atoms in total. The fourth-order valence-corrected chi connectivity index (χ4v) is 2.72. The van der Waals surface area contributed by atoms with E-state index in [1.54, 1.807) is 18.2 Å². The highest BCUT2D eigenvalue weighted by atomic mass is 19.1. The van der Waals surface area contributed by atoms with Gasteiger partial charge in [0.15, 0.2) is 0 Å². The summed E-state index contributed by atoms with van der Waals surface area (Å²) in [5, 5.41) is 9.26. The van der Waals surface area contributed by atoms with Crippen LogP contribution >= 0.6 is 0 Å². The molecule has 0 amide bonds. The predicted octanol–water partition coefficient (Wildman–Crippen LogP) is 3.26. The fourth-order valence-electron chi connectivity index (χ4n) is 2.72. The van der Waals surface area contributed by atoms with E-state index in [1.807, 2.05) is 0 Å². The van der Waals surface area contributed by atoms with E-state index in [-0.39, 0.29) is 11.7 Å². The first kappa shape index (κ1) is 12.1. The third kappa shape index (κ3) is 2.84. The highest BCUT2D eigenvalue weighted by molar-refractivity contribution is 5.70. The minimum Gasteiger partial charge on any atom is -0.481 e. The van der Waals surface area contributed by atoms with Gasteiger partial charge < -0.3 is 5.11 Å². The van der Waals surface area contributed by atoms with Crippen molar-refractivity contribution in [2.75, 3.05) is 0 Å². The van der Waals surface area contributed by atoms with Gasteiger partial charge in [0, 0.05) is 0 Å². The molecule has 0 spiro atoms. The zero-order chi connectivity index (χ0) is 12.3. The lowest BCUT2D eigenvalue weighted by atomic mass is 9.85. The molecule has 17 heavy (non-hydrogen) atoms. The molecule has 0 saturated heterocycles. The van der Waals surface area contributed by atoms with E-state index >= 15 is 0 Å². The molecule has 0 bridgehead atoms. The standard InChI is InChI=1S/C14H17FO2/c15-13-8-4-3-7-11(13)9-12(14(16)17)10-5-1-2-6-10/h3-4,7-8,10,12H,1-2,5-6,9H2,(H,16,17). The molecule has 1 aliphatic rings. The van der Waals surface area contributed by atoms with Crippen molar-refractivity contribution in [1.82, 2.24) is 0 Å². The average Bonchev–Trinajstić information content (AvgIpc) is 2.81. The molecule has 0 radical (unpaired) electrons. The van der Waals surface area contributed by atoms with Crippen molar-refractivity contribution in [2.45, 2.75) is 32.1 Å². The summed E-state index contributed by atoms with van der Waals surface area (Å²) in [6.45, 7) is 0. The number of carboxylic acid groups (broad SMARTS) is 1. The van der Waals surface area contributed by atoms with Crippen LogP contribution in [0.25, 0.3) is 0 Å². The van der Waals surface area contributed by atoms with Gasteiger partial charge in [0.2, 0.25) is 0 Å². The van der Waals surface area contributed by atoms with E-state index in [2.05, 4.69) is 0 Å². The Bertz CT molecular complexity index is 397. The van der Waals surface area contributed by atoms with Crippen molar-refractivity contribution >= 4 is 5.97 Å². The quantitative estimate of drug-likeness (QED) is 0.871. The van der Waals surface area contributed by atoms with Gasteiger partial charge in [-0.3, -0.25) is 4.79 Å². The fraction of sp³-hybridized carbons (Fsp3) is 0.500. The summed E-state index contributed by atoms with van der Waals surface area (Å²) in [7, 11) is 0. The summed E-state index contributed by atoms with van der Waals surface area (Å²) in [5.41, 5.74) is 0.520. The van der Waals surface area contributed by atoms with Gasteiger partial charge in [-0.25, -0.2) is 4.39 Å². The summed E-state index contributed by atoms with van der Waals surface area (Å²) in [4.78, 5) is 11.3. The predicted molar refractivity (Wildman–Crippen MR) is 63.2 cm³/mol. The normalized spacial score (nSPS) is 18.2. The van der Waals surface area contributed by atoms with Crippen molar-refractivity contribution in [1.29, 1.82) is 0 Å². The maximum atomic E-state index is 13.5. The number of carbonyl (C=O) groups is 1. The molecule has 1 fully saturated rings. The number of benzene rings is 1. The van der Waals surface area contributed by atoms with E-state index in [0.29, 0.717) is 12.0 Å². The van der Waals surface area contributed by atoms with Crippen molar-refractivity contribution < 1.29 is 14.3 Å². The van der Waals surface area contributed by atoms with Crippen LogP contribution in [0.2, 0.25) is 0 Å². The van der Waals surface area contributed by atoms with Gasteiger partial charge in [-0.05, 0) is 36.8 Å². The zero-order valence-corrected chi connectivity index (χ0v) is 9.73. The molecule has 1 saturated carbocycles. The molecule has 92 valence electrons. The second-order valence-corrected chi connectivity index (χ2v) is 4.78. The van der Waals surface area contributed by atoms with Gasteiger partial charge in [0.1, 0.15) is 5.82 Å². The van der Waals surface area contributed by atoms with Gasteiger partial charge in [-0.1, -0.05) is 31.0 Å². The minimum atomic E-state index is -0.792. The van der Waals surface area contributed by atoms with Crippen LogP contribution in [0.5, 0.6) is 0 Å². The van der Waals surface area contributed by atoms with Crippen LogP contribution in [-0.4, -0.2) is 11.1 Å². The zero-order valence-electron chi connectivity index (χ0n) is 9.73. The summed E-state index contributed by atoms with van der Waals surface area (Å²) in [5.74, 6) is -1.31. The number of halogens is 1. The van der Waals surface area contributed by atoms with Crippen LogP contribution in [0.1, 0.15) is 31.2 Å². The molecular weight excluding hydrogens is 219 g/mol. The molecule has 1 aliphatic carbocycles. The Morgan fingerprint density at radius 3 is 2.59 bits per heavy atom. The van der Waals surface area contributed by atoms with Gasteiger partial charge >= 0.3 is 5.97 Å². The van der Waals surface area contributed by atoms with Crippen molar-refractivity contribution in [2.24, 2.45) is 11.8 Å². The van der Waals surface area contributed by atoms with Crippen LogP contribution in [0.4, 0.5) is 4.39 Å². The third-order valence-corrected chi connectivity index (χ3v) is 3.68. The summed E-state index contributed by atoms with van der Waals surface area (Å²) in [6, 6.07) is 6.46. The van der Waals surface area contributed by atoms with E-state index in [4.69, 9.17) is 0 Å². The molecule has 0 aliphatic heterocycles. The molecule has 1 N–H and O–H groups in total. The molecule has 0 heterocycles. The lowest BCUT2D eigenvalue weighted by Gasteiger charge is -2.19. The van der Waals surface area contributed by atoms with Crippen molar-refractivity contribution in [3.8, 4) is 0 Å². The third-order valence-electron chi connectivity index (χ3n) is 3.68. The Morgan fingerprint density at radius 1 is 1.35 bits per heavy atom. The number of carboxylic acids is 1. The Morgan fingerprint density at radius 2 is 2.00 bits per heavy atom. The van der Waals surface area contributed by atoms with E-state index in [9.17, 15) is 14.3 Å². The summed E-state index contributed by atoms with van der Waals surface area (Å²) < 4.78 is 13.5. The van der Waals surface area contributed by atoms with Crippen LogP contribution in [0.3, 0.4) is 0 Å². The van der Waals surface area contributed by atoms with E-state index < -0.39 is 11.9 Å². The minimum absolute atomic E-state index is 0.215. The van der Waals surface area contributed by atoms with Crippen LogP contribution in [-0.2, 0) is 11.2 Å². The number of aliphatic carboxylic acids is 1. The topological polar surface area (TPSA) is 37.3 Å². The lowest BCUT2D eigenvalue weighted by molar-refractivity contribution is -0.143. The van der Waals surface area contributed by atoms with Crippen LogP contribution < -0.4 is 0 Å². The highest BCUT2D eigenvalue weighted by Gasteiger charge is 2.31. The molecule has 0 aromatic heterocycles. The SMILES string of the molecule is O=C(O)C(Cc1ccccc1F)C1CCCC1. The molecular formula is C14H17FO2. The summed E-state index contributed by atoms with van der Waals surface area (Å²) in [6.07, 6.45) is 4.45. The Labute approximate surface area is 100 Å². The van der Waals surface area contributed by atoms with E-state index in [1.165, 1.54) is 6.07 Å². The molecule has 1 unspecified atom stereocenters. The first-order chi connectivity index (χ1) is 8.18. The Kier molecular flexibility index (Phi) is 3.77. The van der Waals surface area contributed by atoms with Gasteiger partial charge in [0.25, 0.3) is 0 Å². The lowest BCUT2D eigenvalue weighted by Crippen LogP contribution is -2.24. The maximum Gasteiger partial charge on any atom is 0.307 e. The maximum absolute atomic E-state index is 13.5. The number of hydrogen-bond acceptors (Lipinski definition) is 1. The van der Waals surface area contributed by atoms with E-state index in [0.717, 1.165) is 25.7 Å². The molecule has 1 aromatic rings. The Hall–Kier alpha value is -1.38. The van der Waals surface area contributed by atoms with Crippen molar-refractivity contribution in [3.63, 3.8) is 0 Å². The molecule has 1 atom stereocenters. The largest absolute Gasteiger partial charge is 0.481 e. The average molecular weight is 236 g/mol. The van der Waals surface area contributed by atoms with Crippen LogP contribution in [0.15, 0.2) is 24.3 Å². The Balaban J connectivity index is 2.12. The molecule has 1 aromatic carbocycles. The highest BCUT2D eigenvalue weighted by Crippen LogP contribution is 2.33. The van der Waals surface area contributed by atoms with Gasteiger partial charge in [-0.15, -0.1) is 0 Å². The van der Waals surface area contributed by atoms with Gasteiger partial charge in [0.05, 0.1) is 5.92 Å². The second-order valence-electron chi connectivity index (χ2n) is 4.78. The first-order valence-corrected chi connectivity index (χ1v) is 6.14. The number of rotatable bonds is 4. The monoisotopic (exact) mass is 236 g/mol. The molecule has 3 heteroatoms. The van der Waals surface area contributed by atoms with Crippen LogP contribution in [0, 0.1) is 17.7 Å². The summed E-state index contributed by atoms with van der Waals surface area (Å²) >= 11 is 0. The smallest absolute Gasteiger partial charge is 0.307 e. The second kappa shape index (κ2) is 5.30. The van der Waals surface area contributed by atoms with Crippen molar-refractivity contribution in [3.05, 3.63) is 35.6 Å². The number of hydrogen-bond donors (Lipinski definition) is 1. The molecule has 2 rings (SSSR count).